The third-order valence-corrected chi connectivity index (χ3v) is 2.49. The third kappa shape index (κ3) is 3.96. The molecule has 1 aromatic heterocycles. The fourth-order valence-corrected chi connectivity index (χ4v) is 1.48. The van der Waals surface area contributed by atoms with Crippen LogP contribution in [0, 0.1) is 0 Å². The average Bonchev–Trinajstić information content (AvgIpc) is 2.29. The van der Waals surface area contributed by atoms with Crippen LogP contribution in [-0.4, -0.2) is 44.4 Å². The van der Waals surface area contributed by atoms with Crippen LogP contribution in [0.25, 0.3) is 0 Å². The molecule has 0 aliphatic carbocycles. The average molecular weight is 272 g/mol. The highest BCUT2D eigenvalue weighted by molar-refractivity contribution is 6.29. The van der Waals surface area contributed by atoms with Crippen molar-refractivity contribution in [2.75, 3.05) is 6.54 Å². The van der Waals surface area contributed by atoms with Crippen LogP contribution in [0.3, 0.4) is 0 Å². The van der Waals surface area contributed by atoms with E-state index in [9.17, 15) is 9.59 Å². The van der Waals surface area contributed by atoms with E-state index in [0.717, 1.165) is 0 Å². The minimum atomic E-state index is -0.948. The normalized spacial score (nSPS) is 10.4. The fourth-order valence-electron chi connectivity index (χ4n) is 1.38. The number of hydrogen-bond acceptors (Lipinski definition) is 4. The van der Waals surface area contributed by atoms with Gasteiger partial charge in [-0.05, 0) is 13.8 Å². The van der Waals surface area contributed by atoms with Crippen molar-refractivity contribution in [1.82, 2.24) is 14.9 Å². The summed E-state index contributed by atoms with van der Waals surface area (Å²) in [5.41, 5.74) is 0.151. The number of halogens is 1. The summed E-state index contributed by atoms with van der Waals surface area (Å²) in [6.07, 6.45) is 2.45. The molecule has 0 aliphatic heterocycles. The molecule has 0 saturated carbocycles. The van der Waals surface area contributed by atoms with Gasteiger partial charge >= 0.3 is 5.97 Å². The van der Waals surface area contributed by atoms with Crippen molar-refractivity contribution in [3.8, 4) is 0 Å². The fraction of sp³-hybridized carbons (Fsp3) is 0.455. The van der Waals surface area contributed by atoms with Gasteiger partial charge in [-0.25, -0.2) is 9.97 Å². The van der Waals surface area contributed by atoms with E-state index in [2.05, 4.69) is 9.97 Å². The molecule has 0 radical (unpaired) electrons. The van der Waals surface area contributed by atoms with Gasteiger partial charge in [-0.3, -0.25) is 9.59 Å². The van der Waals surface area contributed by atoms with Crippen molar-refractivity contribution in [3.05, 3.63) is 23.2 Å². The van der Waals surface area contributed by atoms with E-state index in [1.165, 1.54) is 17.3 Å². The molecular formula is C11H14ClN3O3. The topological polar surface area (TPSA) is 83.4 Å². The van der Waals surface area contributed by atoms with Gasteiger partial charge in [0.25, 0.3) is 5.91 Å². The molecule has 0 aromatic carbocycles. The van der Waals surface area contributed by atoms with Crippen molar-refractivity contribution in [2.45, 2.75) is 26.3 Å². The predicted octanol–water partition coefficient (Wildman–Crippen LogP) is 1.46. The standard InChI is InChI=1S/C11H14ClN3O3/c1-7(2)15(4-3-10(16)17)11(18)8-5-14-9(12)6-13-8/h5-7H,3-4H2,1-2H3,(H,16,17). The van der Waals surface area contributed by atoms with Crippen molar-refractivity contribution in [2.24, 2.45) is 0 Å². The van der Waals surface area contributed by atoms with Crippen LogP contribution in [0.2, 0.25) is 5.15 Å². The molecule has 7 heteroatoms. The Morgan fingerprint density at radius 1 is 1.39 bits per heavy atom. The largest absolute Gasteiger partial charge is 0.481 e. The quantitative estimate of drug-likeness (QED) is 0.876. The van der Waals surface area contributed by atoms with Crippen LogP contribution >= 0.6 is 11.6 Å². The van der Waals surface area contributed by atoms with Gasteiger partial charge < -0.3 is 10.0 Å². The zero-order valence-electron chi connectivity index (χ0n) is 10.1. The molecule has 1 heterocycles. The van der Waals surface area contributed by atoms with E-state index in [1.807, 2.05) is 13.8 Å². The molecule has 1 rings (SSSR count). The van der Waals surface area contributed by atoms with Gasteiger partial charge in [0.05, 0.1) is 18.8 Å². The van der Waals surface area contributed by atoms with Crippen LogP contribution < -0.4 is 0 Å². The Morgan fingerprint density at radius 2 is 2.06 bits per heavy atom. The summed E-state index contributed by atoms with van der Waals surface area (Å²) in [4.78, 5) is 31.7. The molecule has 6 nitrogen and oxygen atoms in total. The molecule has 0 unspecified atom stereocenters. The number of rotatable bonds is 5. The SMILES string of the molecule is CC(C)N(CCC(=O)O)C(=O)c1cnc(Cl)cn1. The Morgan fingerprint density at radius 3 is 2.50 bits per heavy atom. The first-order valence-corrected chi connectivity index (χ1v) is 5.80. The zero-order chi connectivity index (χ0) is 13.7. The van der Waals surface area contributed by atoms with Gasteiger partial charge in [0.15, 0.2) is 0 Å². The Bertz CT molecular complexity index is 434. The van der Waals surface area contributed by atoms with E-state index in [4.69, 9.17) is 16.7 Å². The van der Waals surface area contributed by atoms with Crippen molar-refractivity contribution >= 4 is 23.5 Å². The highest BCUT2D eigenvalue weighted by Gasteiger charge is 2.20. The van der Waals surface area contributed by atoms with E-state index < -0.39 is 5.97 Å². The molecule has 1 amide bonds. The summed E-state index contributed by atoms with van der Waals surface area (Å²) in [5, 5.41) is 8.85. The number of carbonyl (C=O) groups is 2. The van der Waals surface area contributed by atoms with Crippen LogP contribution in [0.15, 0.2) is 12.4 Å². The Labute approximate surface area is 110 Å². The molecule has 98 valence electrons. The lowest BCUT2D eigenvalue weighted by molar-refractivity contribution is -0.137. The molecule has 1 aromatic rings. The van der Waals surface area contributed by atoms with Gasteiger partial charge in [0.2, 0.25) is 0 Å². The van der Waals surface area contributed by atoms with Crippen molar-refractivity contribution in [1.29, 1.82) is 0 Å². The highest BCUT2D eigenvalue weighted by Crippen LogP contribution is 2.08. The number of nitrogens with zero attached hydrogens (tertiary/aromatic N) is 3. The summed E-state index contributed by atoms with van der Waals surface area (Å²) in [6.45, 7) is 3.75. The van der Waals surface area contributed by atoms with Crippen LogP contribution in [-0.2, 0) is 4.79 Å². The van der Waals surface area contributed by atoms with E-state index in [-0.39, 0.29) is 35.8 Å². The maximum atomic E-state index is 12.1. The maximum absolute atomic E-state index is 12.1. The number of aromatic nitrogens is 2. The number of carboxylic acids is 1. The first-order valence-electron chi connectivity index (χ1n) is 5.42. The summed E-state index contributed by atoms with van der Waals surface area (Å²) in [5.74, 6) is -1.30. The van der Waals surface area contributed by atoms with Gasteiger partial charge in [-0.1, -0.05) is 11.6 Å². The lowest BCUT2D eigenvalue weighted by Crippen LogP contribution is -2.39. The van der Waals surface area contributed by atoms with Gasteiger partial charge in [-0.15, -0.1) is 0 Å². The third-order valence-electron chi connectivity index (χ3n) is 2.29. The molecule has 0 atom stereocenters. The van der Waals surface area contributed by atoms with Crippen LogP contribution in [0.5, 0.6) is 0 Å². The molecule has 0 spiro atoms. The Hall–Kier alpha value is -1.69. The number of carboxylic acid groups (broad SMARTS) is 1. The smallest absolute Gasteiger partial charge is 0.305 e. The number of amides is 1. The second-order valence-electron chi connectivity index (χ2n) is 3.96. The summed E-state index contributed by atoms with van der Waals surface area (Å²) < 4.78 is 0. The lowest BCUT2D eigenvalue weighted by Gasteiger charge is -2.25. The summed E-state index contributed by atoms with van der Waals surface area (Å²) in [7, 11) is 0. The molecular weight excluding hydrogens is 258 g/mol. The number of carbonyl (C=O) groups excluding carboxylic acids is 1. The molecule has 1 N–H and O–H groups in total. The number of aliphatic carboxylic acids is 1. The van der Waals surface area contributed by atoms with E-state index in [0.29, 0.717) is 0 Å². The number of hydrogen-bond donors (Lipinski definition) is 1. The minimum Gasteiger partial charge on any atom is -0.481 e. The first kappa shape index (κ1) is 14.4. The minimum absolute atomic E-state index is 0.106. The summed E-state index contributed by atoms with van der Waals surface area (Å²) >= 11 is 5.58. The molecule has 0 aliphatic rings. The molecule has 0 fully saturated rings. The molecule has 0 bridgehead atoms. The lowest BCUT2D eigenvalue weighted by atomic mass is 10.2. The van der Waals surface area contributed by atoms with Crippen LogP contribution in [0.1, 0.15) is 30.8 Å². The zero-order valence-corrected chi connectivity index (χ0v) is 10.9. The van der Waals surface area contributed by atoms with Crippen molar-refractivity contribution < 1.29 is 14.7 Å². The second-order valence-corrected chi connectivity index (χ2v) is 4.35. The highest BCUT2D eigenvalue weighted by atomic mass is 35.5. The Kier molecular flexibility index (Phi) is 5.03. The second kappa shape index (κ2) is 6.30. The van der Waals surface area contributed by atoms with E-state index in [1.54, 1.807) is 0 Å². The molecule has 0 saturated heterocycles. The van der Waals surface area contributed by atoms with Gasteiger partial charge in [0, 0.05) is 12.6 Å². The van der Waals surface area contributed by atoms with E-state index >= 15 is 0 Å². The summed E-state index contributed by atoms with van der Waals surface area (Å²) in [6, 6.07) is -0.116. The molecule has 18 heavy (non-hydrogen) atoms. The maximum Gasteiger partial charge on any atom is 0.305 e. The predicted molar refractivity (Wildman–Crippen MR) is 65.5 cm³/mol. The van der Waals surface area contributed by atoms with Crippen LogP contribution in [0.4, 0.5) is 0 Å². The monoisotopic (exact) mass is 271 g/mol. The van der Waals surface area contributed by atoms with Crippen molar-refractivity contribution in [3.63, 3.8) is 0 Å². The van der Waals surface area contributed by atoms with Gasteiger partial charge in [-0.2, -0.15) is 0 Å². The van der Waals surface area contributed by atoms with Gasteiger partial charge in [0.1, 0.15) is 10.8 Å². The Balaban J connectivity index is 2.82. The first-order chi connectivity index (χ1) is 8.41.